The molecule has 20 heavy (non-hydrogen) atoms. The molecule has 3 heterocycles. The van der Waals surface area contributed by atoms with Crippen molar-refractivity contribution < 1.29 is 0 Å². The summed E-state index contributed by atoms with van der Waals surface area (Å²) >= 11 is 1.61. The number of hydrogen-bond donors (Lipinski definition) is 1. The zero-order chi connectivity index (χ0) is 13.6. The summed E-state index contributed by atoms with van der Waals surface area (Å²) in [4.78, 5) is 8.87. The normalized spacial score (nSPS) is 10.6. The van der Waals surface area contributed by atoms with Gasteiger partial charge in [0, 0.05) is 30.9 Å². The minimum absolute atomic E-state index is 0.685. The molecule has 3 aromatic rings. The Hall–Kier alpha value is -2.18. The van der Waals surface area contributed by atoms with Crippen molar-refractivity contribution in [3.05, 3.63) is 59.5 Å². The van der Waals surface area contributed by atoms with Gasteiger partial charge in [-0.2, -0.15) is 10.2 Å². The Balaban J connectivity index is 1.58. The maximum atomic E-state index is 4.57. The summed E-state index contributed by atoms with van der Waals surface area (Å²) in [5.74, 6) is 0. The summed E-state index contributed by atoms with van der Waals surface area (Å²) in [6, 6.07) is 9.66. The van der Waals surface area contributed by atoms with Gasteiger partial charge < -0.3 is 5.32 Å². The fourth-order valence-electron chi connectivity index (χ4n) is 1.74. The number of thiazole rings is 1. The molecule has 0 saturated heterocycles. The van der Waals surface area contributed by atoms with E-state index >= 15 is 0 Å². The maximum Gasteiger partial charge on any atom is 0.142 e. The Morgan fingerprint density at radius 2 is 1.95 bits per heavy atom. The van der Waals surface area contributed by atoms with Gasteiger partial charge in [0.15, 0.2) is 0 Å². The standard InChI is InChI=1S/C14H13N5S/c1-2-6-16-13(5-1)14-18-12(10-20-14)9-15-8-11-4-3-7-17-19-11/h1-7,10,15H,8-9H2. The molecular formula is C14H13N5S. The van der Waals surface area contributed by atoms with Crippen molar-refractivity contribution in [1.82, 2.24) is 25.5 Å². The highest BCUT2D eigenvalue weighted by atomic mass is 32.1. The van der Waals surface area contributed by atoms with Crippen molar-refractivity contribution >= 4 is 11.3 Å². The first kappa shape index (κ1) is 12.8. The van der Waals surface area contributed by atoms with Gasteiger partial charge in [-0.3, -0.25) is 4.98 Å². The van der Waals surface area contributed by atoms with Crippen LogP contribution >= 0.6 is 11.3 Å². The van der Waals surface area contributed by atoms with Crippen LogP contribution in [0.1, 0.15) is 11.4 Å². The summed E-state index contributed by atoms with van der Waals surface area (Å²) < 4.78 is 0. The molecule has 0 spiro atoms. The monoisotopic (exact) mass is 283 g/mol. The fourth-order valence-corrected chi connectivity index (χ4v) is 2.54. The molecule has 5 nitrogen and oxygen atoms in total. The summed E-state index contributed by atoms with van der Waals surface area (Å²) in [7, 11) is 0. The second-order valence-electron chi connectivity index (χ2n) is 4.18. The first-order valence-corrected chi connectivity index (χ1v) is 7.13. The van der Waals surface area contributed by atoms with Gasteiger partial charge in [0.05, 0.1) is 17.1 Å². The summed E-state index contributed by atoms with van der Waals surface area (Å²) in [5.41, 5.74) is 2.85. The molecule has 0 aliphatic rings. The lowest BCUT2D eigenvalue weighted by atomic mass is 10.3. The van der Waals surface area contributed by atoms with Gasteiger partial charge in [0.2, 0.25) is 0 Å². The van der Waals surface area contributed by atoms with E-state index in [9.17, 15) is 0 Å². The summed E-state index contributed by atoms with van der Waals surface area (Å²) in [6.45, 7) is 1.39. The van der Waals surface area contributed by atoms with E-state index in [1.54, 1.807) is 23.7 Å². The molecule has 0 saturated carbocycles. The van der Waals surface area contributed by atoms with Crippen molar-refractivity contribution in [3.8, 4) is 10.7 Å². The second kappa shape index (κ2) is 6.31. The highest BCUT2D eigenvalue weighted by Gasteiger charge is 2.05. The minimum atomic E-state index is 0.685. The van der Waals surface area contributed by atoms with Gasteiger partial charge in [-0.1, -0.05) is 6.07 Å². The van der Waals surface area contributed by atoms with Crippen molar-refractivity contribution in [2.24, 2.45) is 0 Å². The van der Waals surface area contributed by atoms with E-state index in [4.69, 9.17) is 0 Å². The predicted molar refractivity (Wildman–Crippen MR) is 77.9 cm³/mol. The van der Waals surface area contributed by atoms with Crippen molar-refractivity contribution in [2.75, 3.05) is 0 Å². The number of pyridine rings is 1. The number of aromatic nitrogens is 4. The van der Waals surface area contributed by atoms with E-state index in [0.717, 1.165) is 22.1 Å². The van der Waals surface area contributed by atoms with Gasteiger partial charge in [0.25, 0.3) is 0 Å². The molecule has 0 fully saturated rings. The third-order valence-electron chi connectivity index (χ3n) is 2.68. The van der Waals surface area contributed by atoms with Crippen LogP contribution in [0.15, 0.2) is 48.1 Å². The molecule has 1 N–H and O–H groups in total. The summed E-state index contributed by atoms with van der Waals surface area (Å²) in [6.07, 6.45) is 3.45. The van der Waals surface area contributed by atoms with E-state index in [0.29, 0.717) is 13.1 Å². The minimum Gasteiger partial charge on any atom is -0.305 e. The quantitative estimate of drug-likeness (QED) is 0.778. The fraction of sp³-hybridized carbons (Fsp3) is 0.143. The molecule has 0 aliphatic carbocycles. The Morgan fingerprint density at radius 1 is 1.00 bits per heavy atom. The van der Waals surface area contributed by atoms with E-state index < -0.39 is 0 Å². The van der Waals surface area contributed by atoms with Crippen LogP contribution in [0.4, 0.5) is 0 Å². The average Bonchev–Trinajstić information content (AvgIpc) is 2.98. The van der Waals surface area contributed by atoms with Gasteiger partial charge in [-0.05, 0) is 24.3 Å². The lowest BCUT2D eigenvalue weighted by Gasteiger charge is -2.00. The third-order valence-corrected chi connectivity index (χ3v) is 3.59. The molecule has 0 radical (unpaired) electrons. The molecule has 0 atom stereocenters. The Morgan fingerprint density at radius 3 is 2.75 bits per heavy atom. The number of nitrogens with one attached hydrogen (secondary N) is 1. The van der Waals surface area contributed by atoms with Gasteiger partial charge in [-0.25, -0.2) is 4.98 Å². The van der Waals surface area contributed by atoms with Gasteiger partial charge in [-0.15, -0.1) is 11.3 Å². The SMILES string of the molecule is c1ccc(-c2nc(CNCc3cccnn3)cs2)nc1. The van der Waals surface area contributed by atoms with Crippen LogP contribution in [0, 0.1) is 0 Å². The summed E-state index contributed by atoms with van der Waals surface area (Å²) in [5, 5.41) is 14.2. The van der Waals surface area contributed by atoms with Gasteiger partial charge >= 0.3 is 0 Å². The van der Waals surface area contributed by atoms with Crippen LogP contribution < -0.4 is 5.32 Å². The van der Waals surface area contributed by atoms with Crippen molar-refractivity contribution in [3.63, 3.8) is 0 Å². The first-order valence-electron chi connectivity index (χ1n) is 6.25. The molecular weight excluding hydrogens is 270 g/mol. The molecule has 0 aromatic carbocycles. The van der Waals surface area contributed by atoms with Crippen LogP contribution in [0.5, 0.6) is 0 Å². The molecule has 0 amide bonds. The highest BCUT2D eigenvalue weighted by molar-refractivity contribution is 7.13. The Labute approximate surface area is 120 Å². The topological polar surface area (TPSA) is 63.6 Å². The maximum absolute atomic E-state index is 4.57. The van der Waals surface area contributed by atoms with E-state index in [-0.39, 0.29) is 0 Å². The van der Waals surface area contributed by atoms with E-state index in [2.05, 4.69) is 25.5 Å². The lowest BCUT2D eigenvalue weighted by molar-refractivity contribution is 0.661. The first-order chi connectivity index (χ1) is 9.92. The molecule has 100 valence electrons. The molecule has 6 heteroatoms. The van der Waals surface area contributed by atoms with E-state index in [1.807, 2.05) is 35.7 Å². The molecule has 0 bridgehead atoms. The molecule has 0 unspecified atom stereocenters. The number of hydrogen-bond acceptors (Lipinski definition) is 6. The zero-order valence-electron chi connectivity index (χ0n) is 10.7. The Kier molecular flexibility index (Phi) is 4.05. The van der Waals surface area contributed by atoms with Crippen molar-refractivity contribution in [1.29, 1.82) is 0 Å². The van der Waals surface area contributed by atoms with Crippen LogP contribution in [0.2, 0.25) is 0 Å². The average molecular weight is 283 g/mol. The molecule has 3 rings (SSSR count). The molecule has 0 aliphatic heterocycles. The van der Waals surface area contributed by atoms with Crippen molar-refractivity contribution in [2.45, 2.75) is 13.1 Å². The van der Waals surface area contributed by atoms with Gasteiger partial charge in [0.1, 0.15) is 5.01 Å². The van der Waals surface area contributed by atoms with Crippen LogP contribution in [-0.2, 0) is 13.1 Å². The predicted octanol–water partition coefficient (Wildman–Crippen LogP) is 2.28. The lowest BCUT2D eigenvalue weighted by Crippen LogP contribution is -2.14. The smallest absolute Gasteiger partial charge is 0.142 e. The largest absolute Gasteiger partial charge is 0.305 e. The highest BCUT2D eigenvalue weighted by Crippen LogP contribution is 2.21. The third kappa shape index (κ3) is 3.23. The zero-order valence-corrected chi connectivity index (χ0v) is 11.5. The van der Waals surface area contributed by atoms with Crippen LogP contribution in [0.3, 0.4) is 0 Å². The van der Waals surface area contributed by atoms with E-state index in [1.165, 1.54) is 0 Å². The number of nitrogens with zero attached hydrogens (tertiary/aromatic N) is 4. The van der Waals surface area contributed by atoms with Crippen LogP contribution in [-0.4, -0.2) is 20.2 Å². The number of rotatable bonds is 5. The Bertz CT molecular complexity index is 654. The van der Waals surface area contributed by atoms with Crippen LogP contribution in [0.25, 0.3) is 10.7 Å². The second-order valence-corrected chi connectivity index (χ2v) is 5.04. The molecule has 3 aromatic heterocycles.